The number of carbonyl (C=O) groups excluding carboxylic acids is 1. The summed E-state index contributed by atoms with van der Waals surface area (Å²) in [5.41, 5.74) is 2.13. The fourth-order valence-electron chi connectivity index (χ4n) is 3.96. The van der Waals surface area contributed by atoms with Crippen LogP contribution in [0.1, 0.15) is 12.8 Å². The van der Waals surface area contributed by atoms with Gasteiger partial charge in [-0.25, -0.2) is 9.48 Å². The molecule has 1 saturated heterocycles. The minimum absolute atomic E-state index is 0.204. The molecule has 4 aromatic rings. The Kier molecular flexibility index (Phi) is 4.35. The molecule has 0 aliphatic carbocycles. The molecule has 0 spiro atoms. The van der Waals surface area contributed by atoms with Crippen molar-refractivity contribution in [2.24, 2.45) is 0 Å². The van der Waals surface area contributed by atoms with E-state index >= 15 is 0 Å². The fourth-order valence-corrected chi connectivity index (χ4v) is 3.96. The van der Waals surface area contributed by atoms with Crippen LogP contribution in [0.4, 0.5) is 11.4 Å². The number of benzene rings is 2. The Morgan fingerprint density at radius 3 is 2.60 bits per heavy atom. The van der Waals surface area contributed by atoms with Crippen molar-refractivity contribution in [3.05, 3.63) is 63.4 Å². The summed E-state index contributed by atoms with van der Waals surface area (Å²) in [5, 5.41) is 8.27. The Bertz CT molecular complexity index is 1380. The number of anilines is 2. The van der Waals surface area contributed by atoms with Crippen LogP contribution in [0, 0.1) is 0 Å². The number of fused-ring (bicyclic) bond motifs is 2. The predicted octanol–water partition coefficient (Wildman–Crippen LogP) is 1.80. The van der Waals surface area contributed by atoms with Crippen molar-refractivity contribution in [1.29, 1.82) is 0 Å². The molecule has 1 aliphatic rings. The number of aromatic amines is 2. The maximum absolute atomic E-state index is 12.8. The summed E-state index contributed by atoms with van der Waals surface area (Å²) in [6, 6.07) is 10.8. The van der Waals surface area contributed by atoms with E-state index < -0.39 is 0 Å². The first-order valence-electron chi connectivity index (χ1n) is 9.84. The SMILES string of the molecule is O=C(Cn1ncc2ccccc2c1=O)Nc1cc2[nH]c(=O)[nH]c2cc1N1CCCC1. The molecule has 0 radical (unpaired) electrons. The van der Waals surface area contributed by atoms with Crippen LogP contribution >= 0.6 is 0 Å². The van der Waals surface area contributed by atoms with Crippen LogP contribution in [-0.4, -0.2) is 38.7 Å². The summed E-state index contributed by atoms with van der Waals surface area (Å²) in [5.74, 6) is -0.363. The zero-order valence-electron chi connectivity index (χ0n) is 16.1. The van der Waals surface area contributed by atoms with Crippen molar-refractivity contribution in [1.82, 2.24) is 19.7 Å². The largest absolute Gasteiger partial charge is 0.370 e. The van der Waals surface area contributed by atoms with Gasteiger partial charge in [-0.2, -0.15) is 5.10 Å². The standard InChI is InChI=1S/C21H20N6O3/c28-19(12-27-20(29)14-6-2-1-5-13(14)11-22-27)23-17-9-15-16(25-21(30)24-15)10-18(17)26-7-3-4-8-26/h1-2,5-6,9-11H,3-4,7-8,12H2,(H,23,28)(H2,24,25,30). The smallest absolute Gasteiger partial charge is 0.323 e. The van der Waals surface area contributed by atoms with Gasteiger partial charge in [-0.05, 0) is 31.0 Å². The second-order valence-corrected chi connectivity index (χ2v) is 7.43. The van der Waals surface area contributed by atoms with Gasteiger partial charge < -0.3 is 20.2 Å². The number of hydrogen-bond acceptors (Lipinski definition) is 5. The average molecular weight is 404 g/mol. The third kappa shape index (κ3) is 3.24. The molecule has 5 rings (SSSR count). The van der Waals surface area contributed by atoms with Crippen molar-refractivity contribution >= 4 is 39.1 Å². The Balaban J connectivity index is 1.47. The summed E-state index contributed by atoms with van der Waals surface area (Å²) in [4.78, 5) is 44.8. The number of rotatable bonds is 4. The lowest BCUT2D eigenvalue weighted by Gasteiger charge is -2.22. The maximum atomic E-state index is 12.8. The molecule has 30 heavy (non-hydrogen) atoms. The van der Waals surface area contributed by atoms with Crippen LogP contribution in [0.2, 0.25) is 0 Å². The normalized spacial score (nSPS) is 13.9. The summed E-state index contributed by atoms with van der Waals surface area (Å²) in [7, 11) is 0. The molecule has 152 valence electrons. The van der Waals surface area contributed by atoms with E-state index in [4.69, 9.17) is 0 Å². The van der Waals surface area contributed by atoms with Gasteiger partial charge in [0.05, 0.1) is 34.0 Å². The number of imidazole rings is 1. The number of nitrogens with zero attached hydrogens (tertiary/aromatic N) is 3. The molecule has 1 fully saturated rings. The fraction of sp³-hybridized carbons (Fsp3) is 0.238. The van der Waals surface area contributed by atoms with Crippen molar-refractivity contribution in [3.8, 4) is 0 Å². The second-order valence-electron chi connectivity index (χ2n) is 7.43. The minimum atomic E-state index is -0.363. The van der Waals surface area contributed by atoms with E-state index in [0.29, 0.717) is 22.1 Å². The number of H-pyrrole nitrogens is 2. The Hall–Kier alpha value is -3.88. The highest BCUT2D eigenvalue weighted by atomic mass is 16.2. The summed E-state index contributed by atoms with van der Waals surface area (Å²) >= 11 is 0. The van der Waals surface area contributed by atoms with Crippen LogP contribution < -0.4 is 21.5 Å². The Morgan fingerprint density at radius 1 is 1.07 bits per heavy atom. The Morgan fingerprint density at radius 2 is 1.80 bits per heavy atom. The highest BCUT2D eigenvalue weighted by molar-refractivity contribution is 5.98. The molecule has 1 amide bonds. The molecule has 3 heterocycles. The van der Waals surface area contributed by atoms with Crippen LogP contribution in [0.3, 0.4) is 0 Å². The first-order valence-corrected chi connectivity index (χ1v) is 9.84. The van der Waals surface area contributed by atoms with E-state index in [9.17, 15) is 14.4 Å². The van der Waals surface area contributed by atoms with E-state index in [1.165, 1.54) is 0 Å². The molecule has 0 atom stereocenters. The second kappa shape index (κ2) is 7.18. The van der Waals surface area contributed by atoms with E-state index in [0.717, 1.165) is 41.7 Å². The molecule has 0 bridgehead atoms. The topological polar surface area (TPSA) is 116 Å². The van der Waals surface area contributed by atoms with E-state index in [1.54, 1.807) is 24.4 Å². The number of carbonyl (C=O) groups is 1. The van der Waals surface area contributed by atoms with Crippen molar-refractivity contribution in [2.45, 2.75) is 19.4 Å². The number of amides is 1. The van der Waals surface area contributed by atoms with Gasteiger partial charge in [0.2, 0.25) is 5.91 Å². The van der Waals surface area contributed by atoms with Crippen LogP contribution in [-0.2, 0) is 11.3 Å². The third-order valence-corrected chi connectivity index (χ3v) is 5.41. The molecule has 9 nitrogen and oxygen atoms in total. The van der Waals surface area contributed by atoms with Crippen LogP contribution in [0.25, 0.3) is 21.8 Å². The summed E-state index contributed by atoms with van der Waals surface area (Å²) in [6.07, 6.45) is 3.73. The molecule has 2 aromatic carbocycles. The molecular weight excluding hydrogens is 384 g/mol. The molecule has 9 heteroatoms. The summed E-state index contributed by atoms with van der Waals surface area (Å²) < 4.78 is 1.16. The first kappa shape index (κ1) is 18.2. The van der Waals surface area contributed by atoms with Gasteiger partial charge in [-0.15, -0.1) is 0 Å². The lowest BCUT2D eigenvalue weighted by atomic mass is 10.2. The monoisotopic (exact) mass is 404 g/mol. The van der Waals surface area contributed by atoms with Gasteiger partial charge in [0.25, 0.3) is 5.56 Å². The molecule has 1 aliphatic heterocycles. The Labute approximate surface area is 170 Å². The zero-order chi connectivity index (χ0) is 20.7. The first-order chi connectivity index (χ1) is 14.6. The number of nitrogens with one attached hydrogen (secondary N) is 3. The van der Waals surface area contributed by atoms with Gasteiger partial charge in [0.15, 0.2) is 0 Å². The number of hydrogen-bond donors (Lipinski definition) is 3. The van der Waals surface area contributed by atoms with Crippen molar-refractivity contribution in [3.63, 3.8) is 0 Å². The van der Waals surface area contributed by atoms with Gasteiger partial charge >= 0.3 is 5.69 Å². The molecule has 0 unspecified atom stereocenters. The van der Waals surface area contributed by atoms with Gasteiger partial charge in [0.1, 0.15) is 6.54 Å². The van der Waals surface area contributed by atoms with E-state index in [-0.39, 0.29) is 23.7 Å². The van der Waals surface area contributed by atoms with E-state index in [1.807, 2.05) is 18.2 Å². The quantitative estimate of drug-likeness (QED) is 0.480. The van der Waals surface area contributed by atoms with Crippen molar-refractivity contribution < 1.29 is 4.79 Å². The third-order valence-electron chi connectivity index (χ3n) is 5.41. The average Bonchev–Trinajstić information content (AvgIpc) is 3.38. The zero-order valence-corrected chi connectivity index (χ0v) is 16.1. The van der Waals surface area contributed by atoms with Gasteiger partial charge in [0, 0.05) is 18.5 Å². The molecule has 3 N–H and O–H groups in total. The highest BCUT2D eigenvalue weighted by Crippen LogP contribution is 2.32. The predicted molar refractivity (Wildman–Crippen MR) is 115 cm³/mol. The van der Waals surface area contributed by atoms with Crippen LogP contribution in [0.5, 0.6) is 0 Å². The lowest BCUT2D eigenvalue weighted by Crippen LogP contribution is -2.30. The molecular formula is C21H20N6O3. The summed E-state index contributed by atoms with van der Waals surface area (Å²) in [6.45, 7) is 1.56. The van der Waals surface area contributed by atoms with Crippen molar-refractivity contribution in [2.75, 3.05) is 23.3 Å². The maximum Gasteiger partial charge on any atom is 0.323 e. The van der Waals surface area contributed by atoms with Crippen LogP contribution in [0.15, 0.2) is 52.2 Å². The highest BCUT2D eigenvalue weighted by Gasteiger charge is 2.19. The minimum Gasteiger partial charge on any atom is -0.370 e. The van der Waals surface area contributed by atoms with E-state index in [2.05, 4.69) is 25.3 Å². The lowest BCUT2D eigenvalue weighted by molar-refractivity contribution is -0.117. The molecule has 0 saturated carbocycles. The van der Waals surface area contributed by atoms with Gasteiger partial charge in [-0.1, -0.05) is 18.2 Å². The molecule has 2 aromatic heterocycles. The van der Waals surface area contributed by atoms with Gasteiger partial charge in [-0.3, -0.25) is 9.59 Å². The number of aromatic nitrogens is 4.